The number of carbonyl (C=O) groups excluding carboxylic acids is 2. The largest absolute Gasteiger partial charge is 0.462 e. The molecule has 1 saturated carbocycles. The molecule has 0 heterocycles. The lowest BCUT2D eigenvalue weighted by Gasteiger charge is -2.25. The van der Waals surface area contributed by atoms with Crippen molar-refractivity contribution in [3.8, 4) is 5.75 Å². The number of carbonyl (C=O) groups is 2. The molecular formula is C26H32O5. The number of esters is 2. The van der Waals surface area contributed by atoms with E-state index in [0.29, 0.717) is 17.7 Å². The van der Waals surface area contributed by atoms with E-state index in [1.54, 1.807) is 13.8 Å². The molecule has 0 N–H and O–H groups in total. The molecule has 2 aromatic carbocycles. The fourth-order valence-electron chi connectivity index (χ4n) is 4.11. The molecule has 2 atom stereocenters. The minimum atomic E-state index is -0.767. The number of ether oxygens (including phenoxy) is 3. The van der Waals surface area contributed by atoms with Crippen LogP contribution < -0.4 is 4.74 Å². The van der Waals surface area contributed by atoms with Crippen LogP contribution in [0.15, 0.2) is 48.6 Å². The number of benzene rings is 2. The molecule has 0 aromatic heterocycles. The Kier molecular flexibility index (Phi) is 7.72. The maximum absolute atomic E-state index is 13.0. The SMILES string of the molecule is C=C(C)C(=O)OC(C)Oc1cccc2c(C(CC)C(=O)OC3CCCCC3)cccc12. The maximum atomic E-state index is 13.0. The van der Waals surface area contributed by atoms with Gasteiger partial charge in [0.25, 0.3) is 0 Å². The quantitative estimate of drug-likeness (QED) is 0.293. The summed E-state index contributed by atoms with van der Waals surface area (Å²) in [5, 5.41) is 1.80. The lowest BCUT2D eigenvalue weighted by molar-refractivity contribution is -0.156. The molecule has 2 unspecified atom stereocenters. The first-order valence-electron chi connectivity index (χ1n) is 11.2. The molecule has 166 valence electrons. The molecule has 0 saturated heterocycles. The van der Waals surface area contributed by atoms with Gasteiger partial charge in [-0.2, -0.15) is 0 Å². The van der Waals surface area contributed by atoms with Crippen LogP contribution in [-0.4, -0.2) is 24.3 Å². The van der Waals surface area contributed by atoms with Crippen molar-refractivity contribution in [2.75, 3.05) is 0 Å². The zero-order valence-corrected chi connectivity index (χ0v) is 18.7. The summed E-state index contributed by atoms with van der Waals surface area (Å²) in [5.74, 6) is -0.390. The van der Waals surface area contributed by atoms with Crippen molar-refractivity contribution in [2.45, 2.75) is 77.6 Å². The predicted molar refractivity (Wildman–Crippen MR) is 121 cm³/mol. The fourth-order valence-corrected chi connectivity index (χ4v) is 4.11. The van der Waals surface area contributed by atoms with E-state index < -0.39 is 12.3 Å². The molecule has 5 heteroatoms. The Morgan fingerprint density at radius 3 is 2.42 bits per heavy atom. The first-order valence-corrected chi connectivity index (χ1v) is 11.2. The standard InChI is InChI=1S/C26H32O5/c1-5-20(26(28)31-19-11-7-6-8-12-19)21-13-9-15-23-22(21)14-10-16-24(23)29-18(4)30-25(27)17(2)3/h9-10,13-16,18-20H,2,5-8,11-12H2,1,3-4H3. The molecule has 0 aliphatic heterocycles. The van der Waals surface area contributed by atoms with Crippen molar-refractivity contribution in [3.05, 3.63) is 54.1 Å². The summed E-state index contributed by atoms with van der Waals surface area (Å²) in [4.78, 5) is 24.8. The molecule has 5 nitrogen and oxygen atoms in total. The van der Waals surface area contributed by atoms with Crippen LogP contribution >= 0.6 is 0 Å². The van der Waals surface area contributed by atoms with Gasteiger partial charge in [-0.15, -0.1) is 0 Å². The number of hydrogen-bond donors (Lipinski definition) is 0. The minimum absolute atomic E-state index is 0.0352. The summed E-state index contributed by atoms with van der Waals surface area (Å²) < 4.78 is 17.0. The highest BCUT2D eigenvalue weighted by molar-refractivity contribution is 5.94. The van der Waals surface area contributed by atoms with Crippen LogP contribution in [0.5, 0.6) is 5.75 Å². The number of hydrogen-bond acceptors (Lipinski definition) is 5. The zero-order chi connectivity index (χ0) is 22.4. The van der Waals surface area contributed by atoms with Crippen LogP contribution in [0.25, 0.3) is 10.8 Å². The molecule has 0 amide bonds. The second-order valence-electron chi connectivity index (χ2n) is 8.23. The molecule has 1 aliphatic rings. The molecule has 2 aromatic rings. The maximum Gasteiger partial charge on any atom is 0.336 e. The first-order chi connectivity index (χ1) is 14.9. The first kappa shape index (κ1) is 22.9. The Hall–Kier alpha value is -2.82. The summed E-state index contributed by atoms with van der Waals surface area (Å²) in [6, 6.07) is 11.5. The Balaban J connectivity index is 1.84. The van der Waals surface area contributed by atoms with Gasteiger partial charge in [0.1, 0.15) is 11.9 Å². The van der Waals surface area contributed by atoms with Gasteiger partial charge in [-0.25, -0.2) is 4.79 Å². The lowest BCUT2D eigenvalue weighted by Crippen LogP contribution is -2.25. The van der Waals surface area contributed by atoms with Crippen molar-refractivity contribution in [1.82, 2.24) is 0 Å². The third-order valence-corrected chi connectivity index (χ3v) is 5.73. The van der Waals surface area contributed by atoms with E-state index in [-0.39, 0.29) is 18.0 Å². The highest BCUT2D eigenvalue weighted by Gasteiger charge is 2.26. The van der Waals surface area contributed by atoms with E-state index in [1.165, 1.54) is 6.42 Å². The van der Waals surface area contributed by atoms with Crippen LogP contribution in [0, 0.1) is 0 Å². The Morgan fingerprint density at radius 1 is 1.06 bits per heavy atom. The van der Waals surface area contributed by atoms with Crippen LogP contribution in [0.1, 0.15) is 70.8 Å². The van der Waals surface area contributed by atoms with Gasteiger partial charge in [0.05, 0.1) is 5.92 Å². The van der Waals surface area contributed by atoms with E-state index in [1.807, 2.05) is 43.3 Å². The van der Waals surface area contributed by atoms with Gasteiger partial charge in [0, 0.05) is 17.9 Å². The van der Waals surface area contributed by atoms with E-state index >= 15 is 0 Å². The van der Waals surface area contributed by atoms with Crippen molar-refractivity contribution in [1.29, 1.82) is 0 Å². The molecule has 3 rings (SSSR count). The molecule has 0 bridgehead atoms. The van der Waals surface area contributed by atoms with Crippen LogP contribution in [0.3, 0.4) is 0 Å². The monoisotopic (exact) mass is 424 g/mol. The highest BCUT2D eigenvalue weighted by atomic mass is 16.7. The fraction of sp³-hybridized carbons (Fsp3) is 0.462. The van der Waals surface area contributed by atoms with E-state index in [4.69, 9.17) is 14.2 Å². The highest BCUT2D eigenvalue weighted by Crippen LogP contribution is 2.35. The average Bonchev–Trinajstić information content (AvgIpc) is 2.75. The van der Waals surface area contributed by atoms with Gasteiger partial charge in [-0.3, -0.25) is 4.79 Å². The van der Waals surface area contributed by atoms with Gasteiger partial charge in [0.15, 0.2) is 0 Å². The van der Waals surface area contributed by atoms with Crippen molar-refractivity contribution < 1.29 is 23.8 Å². The van der Waals surface area contributed by atoms with Gasteiger partial charge in [0.2, 0.25) is 6.29 Å². The van der Waals surface area contributed by atoms with Crippen molar-refractivity contribution in [3.63, 3.8) is 0 Å². The third kappa shape index (κ3) is 5.66. The van der Waals surface area contributed by atoms with Crippen LogP contribution in [0.4, 0.5) is 0 Å². The van der Waals surface area contributed by atoms with Crippen LogP contribution in [0.2, 0.25) is 0 Å². The third-order valence-electron chi connectivity index (χ3n) is 5.73. The topological polar surface area (TPSA) is 61.8 Å². The molecule has 0 spiro atoms. The normalized spacial score (nSPS) is 16.4. The van der Waals surface area contributed by atoms with Gasteiger partial charge < -0.3 is 14.2 Å². The molecule has 1 aliphatic carbocycles. The Labute approximate surface area is 184 Å². The van der Waals surface area contributed by atoms with Crippen LogP contribution in [-0.2, 0) is 19.1 Å². The minimum Gasteiger partial charge on any atom is -0.462 e. The van der Waals surface area contributed by atoms with Crippen molar-refractivity contribution in [2.24, 2.45) is 0 Å². The molecule has 1 fully saturated rings. The summed E-state index contributed by atoms with van der Waals surface area (Å²) in [6.45, 7) is 8.86. The van der Waals surface area contributed by atoms with Gasteiger partial charge >= 0.3 is 11.9 Å². The molecule has 31 heavy (non-hydrogen) atoms. The lowest BCUT2D eigenvalue weighted by atomic mass is 9.91. The van der Waals surface area contributed by atoms with Gasteiger partial charge in [-0.1, -0.05) is 50.3 Å². The van der Waals surface area contributed by atoms with E-state index in [0.717, 1.165) is 42.0 Å². The summed E-state index contributed by atoms with van der Waals surface area (Å²) in [5.41, 5.74) is 1.25. The summed E-state index contributed by atoms with van der Waals surface area (Å²) in [7, 11) is 0. The molecule has 0 radical (unpaired) electrons. The number of fused-ring (bicyclic) bond motifs is 1. The smallest absolute Gasteiger partial charge is 0.336 e. The summed E-state index contributed by atoms with van der Waals surface area (Å²) >= 11 is 0. The Bertz CT molecular complexity index is 942. The zero-order valence-electron chi connectivity index (χ0n) is 18.7. The summed E-state index contributed by atoms with van der Waals surface area (Å²) in [6.07, 6.45) is 5.30. The van der Waals surface area contributed by atoms with E-state index in [2.05, 4.69) is 6.58 Å². The van der Waals surface area contributed by atoms with Crippen molar-refractivity contribution >= 4 is 22.7 Å². The Morgan fingerprint density at radius 2 is 1.74 bits per heavy atom. The predicted octanol–water partition coefficient (Wildman–Crippen LogP) is 6.05. The number of rotatable bonds is 8. The molecular weight excluding hydrogens is 392 g/mol. The average molecular weight is 425 g/mol. The second kappa shape index (κ2) is 10.5. The van der Waals surface area contributed by atoms with Gasteiger partial charge in [-0.05, 0) is 56.0 Å². The second-order valence-corrected chi connectivity index (χ2v) is 8.23. The van der Waals surface area contributed by atoms with E-state index in [9.17, 15) is 9.59 Å².